The van der Waals surface area contributed by atoms with Crippen molar-refractivity contribution in [2.75, 3.05) is 39.8 Å². The van der Waals surface area contributed by atoms with E-state index >= 15 is 0 Å². The molecule has 0 N–H and O–H groups in total. The van der Waals surface area contributed by atoms with Crippen molar-refractivity contribution in [3.05, 3.63) is 0 Å². The van der Waals surface area contributed by atoms with Gasteiger partial charge in [0.2, 0.25) is 11.8 Å². The molecule has 5 nitrogen and oxygen atoms in total. The highest BCUT2D eigenvalue weighted by molar-refractivity contribution is 5.78. The van der Waals surface area contributed by atoms with Gasteiger partial charge in [-0.1, -0.05) is 0 Å². The number of amides is 2. The molecular formula is C13H25N3O2. The summed E-state index contributed by atoms with van der Waals surface area (Å²) < 4.78 is 0. The maximum absolute atomic E-state index is 12.0. The van der Waals surface area contributed by atoms with Crippen LogP contribution in [0.25, 0.3) is 0 Å². The van der Waals surface area contributed by atoms with E-state index in [1.807, 2.05) is 4.90 Å². The molecule has 0 radical (unpaired) electrons. The fourth-order valence-electron chi connectivity index (χ4n) is 2.07. The number of carbonyl (C=O) groups is 2. The Morgan fingerprint density at radius 3 is 2.17 bits per heavy atom. The number of rotatable bonds is 4. The van der Waals surface area contributed by atoms with Crippen LogP contribution in [0.1, 0.15) is 27.2 Å². The zero-order chi connectivity index (χ0) is 13.7. The summed E-state index contributed by atoms with van der Waals surface area (Å²) in [5, 5.41) is 0. The molecule has 1 saturated heterocycles. The van der Waals surface area contributed by atoms with Crippen molar-refractivity contribution in [3.63, 3.8) is 0 Å². The summed E-state index contributed by atoms with van der Waals surface area (Å²) in [5.41, 5.74) is 0. The van der Waals surface area contributed by atoms with Crippen molar-refractivity contribution in [3.8, 4) is 0 Å². The van der Waals surface area contributed by atoms with Crippen LogP contribution in [0.4, 0.5) is 0 Å². The molecular weight excluding hydrogens is 230 g/mol. The molecule has 1 heterocycles. The molecule has 0 spiro atoms. The van der Waals surface area contributed by atoms with E-state index in [0.29, 0.717) is 19.0 Å². The third-order valence-corrected chi connectivity index (χ3v) is 3.60. The van der Waals surface area contributed by atoms with Crippen LogP contribution in [0.15, 0.2) is 0 Å². The first-order valence-corrected chi connectivity index (χ1v) is 6.65. The van der Waals surface area contributed by atoms with Gasteiger partial charge in [0.25, 0.3) is 0 Å². The van der Waals surface area contributed by atoms with Gasteiger partial charge in [0.05, 0.1) is 0 Å². The van der Waals surface area contributed by atoms with Crippen molar-refractivity contribution in [1.82, 2.24) is 14.7 Å². The van der Waals surface area contributed by atoms with E-state index in [2.05, 4.69) is 18.7 Å². The molecule has 0 atom stereocenters. The van der Waals surface area contributed by atoms with E-state index in [1.54, 1.807) is 11.9 Å². The smallest absolute Gasteiger partial charge is 0.224 e. The molecule has 0 aromatic heterocycles. The first-order valence-electron chi connectivity index (χ1n) is 6.65. The van der Waals surface area contributed by atoms with Crippen LogP contribution in [0, 0.1) is 0 Å². The lowest BCUT2D eigenvalue weighted by molar-refractivity contribution is -0.134. The fourth-order valence-corrected chi connectivity index (χ4v) is 2.07. The third kappa shape index (κ3) is 4.29. The van der Waals surface area contributed by atoms with E-state index in [-0.39, 0.29) is 11.8 Å². The van der Waals surface area contributed by atoms with E-state index in [1.165, 1.54) is 6.92 Å². The largest absolute Gasteiger partial charge is 0.345 e. The van der Waals surface area contributed by atoms with Crippen molar-refractivity contribution >= 4 is 11.8 Å². The molecule has 18 heavy (non-hydrogen) atoms. The maximum Gasteiger partial charge on any atom is 0.224 e. The first kappa shape index (κ1) is 15.0. The molecule has 0 aromatic carbocycles. The average molecular weight is 255 g/mol. The molecule has 1 fully saturated rings. The van der Waals surface area contributed by atoms with Crippen LogP contribution in [0.5, 0.6) is 0 Å². The Labute approximate surface area is 110 Å². The van der Waals surface area contributed by atoms with E-state index in [9.17, 15) is 9.59 Å². The Kier molecular flexibility index (Phi) is 5.59. The predicted octanol–water partition coefficient (Wildman–Crippen LogP) is 0.407. The molecule has 1 rings (SSSR count). The second-order valence-electron chi connectivity index (χ2n) is 5.20. The lowest BCUT2D eigenvalue weighted by Gasteiger charge is -2.37. The van der Waals surface area contributed by atoms with Gasteiger partial charge in [-0.25, -0.2) is 0 Å². The van der Waals surface area contributed by atoms with Crippen molar-refractivity contribution in [2.24, 2.45) is 0 Å². The molecule has 5 heteroatoms. The zero-order valence-corrected chi connectivity index (χ0v) is 12.0. The molecule has 0 aliphatic carbocycles. The summed E-state index contributed by atoms with van der Waals surface area (Å²) in [6.07, 6.45) is 0.428. The Balaban J connectivity index is 2.30. The van der Waals surface area contributed by atoms with Crippen LogP contribution in [-0.2, 0) is 9.59 Å². The van der Waals surface area contributed by atoms with Gasteiger partial charge < -0.3 is 9.80 Å². The van der Waals surface area contributed by atoms with Crippen LogP contribution in [0.2, 0.25) is 0 Å². The molecule has 104 valence electrons. The minimum atomic E-state index is 0.00688. The molecule has 0 bridgehead atoms. The first-order chi connectivity index (χ1) is 8.41. The highest BCUT2D eigenvalue weighted by Gasteiger charge is 2.22. The highest BCUT2D eigenvalue weighted by atomic mass is 16.2. The zero-order valence-electron chi connectivity index (χ0n) is 12.0. The normalized spacial score (nSPS) is 17.1. The van der Waals surface area contributed by atoms with Crippen LogP contribution < -0.4 is 0 Å². The van der Waals surface area contributed by atoms with Crippen molar-refractivity contribution in [2.45, 2.75) is 33.2 Å². The number of hydrogen-bond donors (Lipinski definition) is 0. The summed E-state index contributed by atoms with van der Waals surface area (Å²) in [6, 6.07) is 0.547. The summed E-state index contributed by atoms with van der Waals surface area (Å²) in [5.74, 6) is 0.166. The Hall–Kier alpha value is -1.10. The van der Waals surface area contributed by atoms with Crippen molar-refractivity contribution < 1.29 is 9.59 Å². The van der Waals surface area contributed by atoms with Gasteiger partial charge in [-0.05, 0) is 13.8 Å². The van der Waals surface area contributed by atoms with Crippen LogP contribution >= 0.6 is 0 Å². The molecule has 1 aliphatic rings. The summed E-state index contributed by atoms with van der Waals surface area (Å²) in [7, 11) is 1.73. The number of piperazine rings is 1. The van der Waals surface area contributed by atoms with Crippen LogP contribution in [0.3, 0.4) is 0 Å². The molecule has 2 amide bonds. The lowest BCUT2D eigenvalue weighted by Crippen LogP contribution is -2.51. The van der Waals surface area contributed by atoms with E-state index in [0.717, 1.165) is 26.2 Å². The van der Waals surface area contributed by atoms with Crippen molar-refractivity contribution in [1.29, 1.82) is 0 Å². The predicted molar refractivity (Wildman–Crippen MR) is 71.2 cm³/mol. The van der Waals surface area contributed by atoms with Gasteiger partial charge in [-0.15, -0.1) is 0 Å². The Morgan fingerprint density at radius 2 is 1.72 bits per heavy atom. The third-order valence-electron chi connectivity index (χ3n) is 3.60. The minimum Gasteiger partial charge on any atom is -0.345 e. The molecule has 0 unspecified atom stereocenters. The summed E-state index contributed by atoms with van der Waals surface area (Å²) in [4.78, 5) is 28.9. The highest BCUT2D eigenvalue weighted by Crippen LogP contribution is 2.07. The second-order valence-corrected chi connectivity index (χ2v) is 5.20. The standard InChI is InChI=1S/C13H25N3O2/c1-11(2)15-7-9-16(10-8-15)13(18)5-6-14(4)12(3)17/h11H,5-10H2,1-4H3. The SMILES string of the molecule is CC(=O)N(C)CCC(=O)N1CCN(C(C)C)CC1. The van der Waals surface area contributed by atoms with Gasteiger partial charge in [-0.2, -0.15) is 0 Å². The topological polar surface area (TPSA) is 43.9 Å². The van der Waals surface area contributed by atoms with Gasteiger partial charge in [-0.3, -0.25) is 14.5 Å². The Bertz CT molecular complexity index is 297. The minimum absolute atomic E-state index is 0.00688. The number of carbonyl (C=O) groups excluding carboxylic acids is 2. The Morgan fingerprint density at radius 1 is 1.17 bits per heavy atom. The second kappa shape index (κ2) is 6.73. The van der Waals surface area contributed by atoms with Gasteiger partial charge >= 0.3 is 0 Å². The summed E-state index contributed by atoms with van der Waals surface area (Å²) >= 11 is 0. The van der Waals surface area contributed by atoms with E-state index < -0.39 is 0 Å². The fraction of sp³-hybridized carbons (Fsp3) is 0.846. The number of nitrogens with zero attached hydrogens (tertiary/aromatic N) is 3. The molecule has 0 saturated carbocycles. The van der Waals surface area contributed by atoms with E-state index in [4.69, 9.17) is 0 Å². The number of hydrogen-bond acceptors (Lipinski definition) is 3. The average Bonchev–Trinajstić information content (AvgIpc) is 2.35. The van der Waals surface area contributed by atoms with Gasteiger partial charge in [0.15, 0.2) is 0 Å². The quantitative estimate of drug-likeness (QED) is 0.731. The molecule has 1 aliphatic heterocycles. The molecule has 0 aromatic rings. The monoisotopic (exact) mass is 255 g/mol. The lowest BCUT2D eigenvalue weighted by atomic mass is 10.2. The van der Waals surface area contributed by atoms with Gasteiger partial charge in [0.1, 0.15) is 0 Å². The van der Waals surface area contributed by atoms with Gasteiger partial charge in [0, 0.05) is 59.2 Å². The summed E-state index contributed by atoms with van der Waals surface area (Å²) in [6.45, 7) is 9.91. The maximum atomic E-state index is 12.0. The van der Waals surface area contributed by atoms with Crippen LogP contribution in [-0.4, -0.2) is 72.3 Å².